The van der Waals surface area contributed by atoms with E-state index >= 15 is 0 Å². The van der Waals surface area contributed by atoms with Gasteiger partial charge in [-0.15, -0.1) is 0 Å². The molecule has 0 bridgehead atoms. The minimum absolute atomic E-state index is 0.356. The molecule has 0 aromatic heterocycles. The third kappa shape index (κ3) is 3.42. The molecule has 0 fully saturated rings. The molecule has 0 atom stereocenters. The molecule has 0 heterocycles. The van der Waals surface area contributed by atoms with Crippen molar-refractivity contribution >= 4 is 5.97 Å². The summed E-state index contributed by atoms with van der Waals surface area (Å²) >= 11 is 0. The number of para-hydroxylation sites is 2. The van der Waals surface area contributed by atoms with Gasteiger partial charge in [0.2, 0.25) is 0 Å². The Kier molecular flexibility index (Phi) is 4.11. The molecule has 0 aliphatic heterocycles. The summed E-state index contributed by atoms with van der Waals surface area (Å²) in [4.78, 5) is 10.9. The van der Waals surface area contributed by atoms with Gasteiger partial charge in [-0.1, -0.05) is 12.1 Å². The molecule has 0 unspecified atom stereocenters. The maximum atomic E-state index is 10.9. The first kappa shape index (κ1) is 12.3. The highest BCUT2D eigenvalue weighted by molar-refractivity contribution is 5.70. The van der Waals surface area contributed by atoms with Crippen LogP contribution < -0.4 is 9.47 Å². The van der Waals surface area contributed by atoms with E-state index in [4.69, 9.17) is 9.47 Å². The summed E-state index contributed by atoms with van der Waals surface area (Å²) in [5.41, 5.74) is 1.08. The quantitative estimate of drug-likeness (QED) is 0.445. The Bertz CT molecular complexity index is 415. The average Bonchev–Trinajstić information content (AvgIpc) is 2.20. The van der Waals surface area contributed by atoms with Crippen LogP contribution in [0.1, 0.15) is 27.7 Å². The number of carbonyl (C=O) groups excluding carboxylic acids is 1. The predicted molar refractivity (Wildman–Crippen MR) is 62.4 cm³/mol. The first-order valence-electron chi connectivity index (χ1n) is 5.10. The minimum atomic E-state index is -0.356. The van der Waals surface area contributed by atoms with Crippen molar-refractivity contribution in [3.8, 4) is 11.5 Å². The number of esters is 1. The van der Waals surface area contributed by atoms with E-state index in [1.165, 1.54) is 6.92 Å². The fourth-order valence-corrected chi connectivity index (χ4v) is 1.04. The van der Waals surface area contributed by atoms with Gasteiger partial charge in [0, 0.05) is 6.92 Å². The molecule has 16 heavy (non-hydrogen) atoms. The van der Waals surface area contributed by atoms with Crippen molar-refractivity contribution in [2.24, 2.45) is 0 Å². The van der Waals surface area contributed by atoms with Gasteiger partial charge in [0.1, 0.15) is 0 Å². The minimum Gasteiger partial charge on any atom is -0.458 e. The van der Waals surface area contributed by atoms with Crippen molar-refractivity contribution in [1.82, 2.24) is 0 Å². The van der Waals surface area contributed by atoms with E-state index in [0.717, 1.165) is 11.3 Å². The van der Waals surface area contributed by atoms with E-state index in [-0.39, 0.29) is 5.97 Å². The molecule has 1 aromatic rings. The molecular formula is C13H16O3. The zero-order chi connectivity index (χ0) is 12.1. The van der Waals surface area contributed by atoms with Gasteiger partial charge in [0.15, 0.2) is 11.5 Å². The number of allylic oxidation sites excluding steroid dienone is 2. The predicted octanol–water partition coefficient (Wildman–Crippen LogP) is 3.30. The van der Waals surface area contributed by atoms with Crippen molar-refractivity contribution in [2.45, 2.75) is 27.7 Å². The van der Waals surface area contributed by atoms with Crippen LogP contribution in [-0.4, -0.2) is 5.97 Å². The van der Waals surface area contributed by atoms with Crippen LogP contribution in [0.25, 0.3) is 0 Å². The normalized spacial score (nSPS) is 9.50. The third-order valence-corrected chi connectivity index (χ3v) is 2.07. The van der Waals surface area contributed by atoms with Crippen LogP contribution in [0.2, 0.25) is 0 Å². The van der Waals surface area contributed by atoms with Crippen LogP contribution in [0.3, 0.4) is 0 Å². The van der Waals surface area contributed by atoms with Gasteiger partial charge >= 0.3 is 5.97 Å². The van der Waals surface area contributed by atoms with E-state index in [0.29, 0.717) is 11.5 Å². The van der Waals surface area contributed by atoms with Crippen LogP contribution in [0.5, 0.6) is 11.5 Å². The second kappa shape index (κ2) is 5.35. The van der Waals surface area contributed by atoms with Crippen molar-refractivity contribution in [1.29, 1.82) is 0 Å². The highest BCUT2D eigenvalue weighted by Gasteiger charge is 2.07. The Morgan fingerprint density at radius 2 is 1.44 bits per heavy atom. The Balaban J connectivity index is 2.95. The fraction of sp³-hybridized carbons (Fsp3) is 0.308. The molecule has 0 saturated heterocycles. The van der Waals surface area contributed by atoms with Gasteiger partial charge in [-0.05, 0) is 38.5 Å². The maximum absolute atomic E-state index is 10.9. The van der Waals surface area contributed by atoms with E-state index in [1.807, 2.05) is 26.8 Å². The zero-order valence-corrected chi connectivity index (χ0v) is 10.0. The molecule has 0 aliphatic rings. The Morgan fingerprint density at radius 3 is 1.88 bits per heavy atom. The highest BCUT2D eigenvalue weighted by Crippen LogP contribution is 2.28. The summed E-state index contributed by atoms with van der Waals surface area (Å²) in [6.07, 6.45) is 0. The molecule has 86 valence electrons. The Hall–Kier alpha value is -1.77. The van der Waals surface area contributed by atoms with Gasteiger partial charge in [0.05, 0.1) is 5.76 Å². The van der Waals surface area contributed by atoms with Crippen molar-refractivity contribution in [3.63, 3.8) is 0 Å². The second-order valence-electron chi connectivity index (χ2n) is 3.70. The molecule has 1 aromatic carbocycles. The topological polar surface area (TPSA) is 35.5 Å². The molecule has 0 spiro atoms. The van der Waals surface area contributed by atoms with Crippen LogP contribution >= 0.6 is 0 Å². The third-order valence-electron chi connectivity index (χ3n) is 2.07. The maximum Gasteiger partial charge on any atom is 0.308 e. The second-order valence-corrected chi connectivity index (χ2v) is 3.70. The van der Waals surface area contributed by atoms with Gasteiger partial charge in [-0.3, -0.25) is 4.79 Å². The summed E-state index contributed by atoms with van der Waals surface area (Å²) in [6.45, 7) is 7.16. The highest BCUT2D eigenvalue weighted by atomic mass is 16.6. The van der Waals surface area contributed by atoms with Crippen LogP contribution in [0.4, 0.5) is 0 Å². The van der Waals surface area contributed by atoms with E-state index in [9.17, 15) is 4.79 Å². The molecular weight excluding hydrogens is 204 g/mol. The summed E-state index contributed by atoms with van der Waals surface area (Å²) in [5, 5.41) is 0. The van der Waals surface area contributed by atoms with Crippen LogP contribution in [-0.2, 0) is 4.79 Å². The van der Waals surface area contributed by atoms with Crippen molar-refractivity contribution < 1.29 is 14.3 Å². The van der Waals surface area contributed by atoms with Crippen LogP contribution in [0, 0.1) is 0 Å². The van der Waals surface area contributed by atoms with Gasteiger partial charge in [-0.2, -0.15) is 0 Å². The lowest BCUT2D eigenvalue weighted by atomic mass is 10.3. The van der Waals surface area contributed by atoms with E-state index in [1.54, 1.807) is 18.2 Å². The van der Waals surface area contributed by atoms with Crippen molar-refractivity contribution in [2.75, 3.05) is 0 Å². The Labute approximate surface area is 95.7 Å². The van der Waals surface area contributed by atoms with E-state index in [2.05, 4.69) is 0 Å². The number of hydrogen-bond acceptors (Lipinski definition) is 3. The fourth-order valence-electron chi connectivity index (χ4n) is 1.04. The molecule has 0 amide bonds. The largest absolute Gasteiger partial charge is 0.458 e. The summed E-state index contributed by atoms with van der Waals surface area (Å²) in [5.74, 6) is 1.44. The van der Waals surface area contributed by atoms with Gasteiger partial charge < -0.3 is 9.47 Å². The first-order valence-corrected chi connectivity index (χ1v) is 5.10. The number of hydrogen-bond donors (Lipinski definition) is 0. The summed E-state index contributed by atoms with van der Waals surface area (Å²) in [6, 6.07) is 7.10. The number of ether oxygens (including phenoxy) is 2. The molecule has 0 N–H and O–H groups in total. The molecule has 0 aliphatic carbocycles. The number of carbonyl (C=O) groups is 1. The van der Waals surface area contributed by atoms with E-state index < -0.39 is 0 Å². The smallest absolute Gasteiger partial charge is 0.308 e. The number of rotatable bonds is 3. The lowest BCUT2D eigenvalue weighted by Gasteiger charge is -2.11. The lowest BCUT2D eigenvalue weighted by molar-refractivity contribution is -0.132. The zero-order valence-electron chi connectivity index (χ0n) is 10.0. The molecule has 3 nitrogen and oxygen atoms in total. The van der Waals surface area contributed by atoms with Crippen molar-refractivity contribution in [3.05, 3.63) is 35.6 Å². The summed E-state index contributed by atoms with van der Waals surface area (Å²) < 4.78 is 10.6. The summed E-state index contributed by atoms with van der Waals surface area (Å²) in [7, 11) is 0. The molecule has 1 rings (SSSR count). The average molecular weight is 220 g/mol. The SMILES string of the molecule is CC(=O)Oc1ccccc1OC(C)=C(C)C. The Morgan fingerprint density at radius 1 is 0.938 bits per heavy atom. The van der Waals surface area contributed by atoms with Gasteiger partial charge in [-0.25, -0.2) is 0 Å². The standard InChI is InChI=1S/C13H16O3/c1-9(2)10(3)15-12-7-5-6-8-13(12)16-11(4)14/h5-8H,1-4H3. The molecule has 0 saturated carbocycles. The lowest BCUT2D eigenvalue weighted by Crippen LogP contribution is -2.03. The van der Waals surface area contributed by atoms with Gasteiger partial charge in [0.25, 0.3) is 0 Å². The number of benzene rings is 1. The molecule has 0 radical (unpaired) electrons. The first-order chi connectivity index (χ1) is 7.50. The monoisotopic (exact) mass is 220 g/mol. The molecule has 3 heteroatoms. The van der Waals surface area contributed by atoms with Crippen LogP contribution in [0.15, 0.2) is 35.6 Å².